The second kappa shape index (κ2) is 3.83. The maximum absolute atomic E-state index is 12.8. The standard InChI is InChI=1S/C11H12F2N2O/c12-8-3-7(4-9(13)5-8)6-15-10(16)11(14)1-2-11/h3-5H,1-2,6,14H2,(H,15,16). The topological polar surface area (TPSA) is 55.1 Å². The zero-order valence-corrected chi connectivity index (χ0v) is 8.59. The Morgan fingerprint density at radius 2 is 1.88 bits per heavy atom. The molecule has 2 rings (SSSR count). The van der Waals surface area contributed by atoms with Crippen LogP contribution in [0.25, 0.3) is 0 Å². The van der Waals surface area contributed by atoms with Crippen LogP contribution in [0.15, 0.2) is 18.2 Å². The minimum atomic E-state index is -0.758. The summed E-state index contributed by atoms with van der Waals surface area (Å²) in [7, 11) is 0. The lowest BCUT2D eigenvalue weighted by Crippen LogP contribution is -2.42. The molecule has 0 spiro atoms. The molecule has 0 aromatic heterocycles. The molecule has 0 heterocycles. The number of nitrogens with one attached hydrogen (secondary N) is 1. The largest absolute Gasteiger partial charge is 0.350 e. The van der Waals surface area contributed by atoms with E-state index in [0.29, 0.717) is 18.4 Å². The summed E-state index contributed by atoms with van der Waals surface area (Å²) in [4.78, 5) is 11.4. The second-order valence-corrected chi connectivity index (χ2v) is 4.12. The van der Waals surface area contributed by atoms with E-state index in [-0.39, 0.29) is 12.5 Å². The van der Waals surface area contributed by atoms with Gasteiger partial charge in [-0.3, -0.25) is 4.79 Å². The van der Waals surface area contributed by atoms with Gasteiger partial charge in [-0.2, -0.15) is 0 Å². The lowest BCUT2D eigenvalue weighted by molar-refractivity contribution is -0.123. The highest BCUT2D eigenvalue weighted by molar-refractivity contribution is 5.88. The molecule has 0 radical (unpaired) electrons. The van der Waals surface area contributed by atoms with Crippen LogP contribution in [-0.4, -0.2) is 11.4 Å². The van der Waals surface area contributed by atoms with Crippen LogP contribution in [0.1, 0.15) is 18.4 Å². The van der Waals surface area contributed by atoms with Gasteiger partial charge in [0.2, 0.25) is 5.91 Å². The fourth-order valence-corrected chi connectivity index (χ4v) is 1.43. The van der Waals surface area contributed by atoms with E-state index in [1.54, 1.807) is 0 Å². The number of carbonyl (C=O) groups is 1. The number of benzene rings is 1. The van der Waals surface area contributed by atoms with Crippen LogP contribution in [0.3, 0.4) is 0 Å². The van der Waals surface area contributed by atoms with E-state index in [1.165, 1.54) is 12.1 Å². The summed E-state index contributed by atoms with van der Waals surface area (Å²) in [6.45, 7) is 0.0897. The van der Waals surface area contributed by atoms with Crippen LogP contribution < -0.4 is 11.1 Å². The molecule has 0 saturated heterocycles. The van der Waals surface area contributed by atoms with E-state index >= 15 is 0 Å². The Balaban J connectivity index is 1.96. The third-order valence-electron chi connectivity index (χ3n) is 2.62. The zero-order valence-electron chi connectivity index (χ0n) is 8.59. The summed E-state index contributed by atoms with van der Waals surface area (Å²) in [5, 5.41) is 2.56. The molecule has 3 nitrogen and oxygen atoms in total. The number of rotatable bonds is 3. The van der Waals surface area contributed by atoms with Gasteiger partial charge in [-0.05, 0) is 30.5 Å². The monoisotopic (exact) mass is 226 g/mol. The van der Waals surface area contributed by atoms with Crippen LogP contribution in [0, 0.1) is 11.6 Å². The Hall–Kier alpha value is -1.49. The Labute approximate surface area is 91.6 Å². The normalized spacial score (nSPS) is 16.9. The Kier molecular flexibility index (Phi) is 2.63. The lowest BCUT2D eigenvalue weighted by atomic mass is 10.2. The van der Waals surface area contributed by atoms with Crippen molar-refractivity contribution in [3.63, 3.8) is 0 Å². The minimum Gasteiger partial charge on any atom is -0.350 e. The molecule has 1 fully saturated rings. The fourth-order valence-electron chi connectivity index (χ4n) is 1.43. The van der Waals surface area contributed by atoms with Gasteiger partial charge >= 0.3 is 0 Å². The van der Waals surface area contributed by atoms with E-state index in [4.69, 9.17) is 5.73 Å². The van der Waals surface area contributed by atoms with Crippen LogP contribution in [0.2, 0.25) is 0 Å². The third-order valence-corrected chi connectivity index (χ3v) is 2.62. The highest BCUT2D eigenvalue weighted by Crippen LogP contribution is 2.32. The van der Waals surface area contributed by atoms with E-state index in [0.717, 1.165) is 6.07 Å². The molecular weight excluding hydrogens is 214 g/mol. The molecule has 3 N–H and O–H groups in total. The lowest BCUT2D eigenvalue weighted by Gasteiger charge is -2.10. The van der Waals surface area contributed by atoms with Crippen molar-refractivity contribution < 1.29 is 13.6 Å². The van der Waals surface area contributed by atoms with Gasteiger partial charge in [-0.15, -0.1) is 0 Å². The van der Waals surface area contributed by atoms with E-state index < -0.39 is 17.2 Å². The number of amides is 1. The van der Waals surface area contributed by atoms with Crippen molar-refractivity contribution in [2.75, 3.05) is 0 Å². The number of hydrogen-bond acceptors (Lipinski definition) is 2. The van der Waals surface area contributed by atoms with Crippen LogP contribution >= 0.6 is 0 Å². The Bertz CT molecular complexity index is 410. The van der Waals surface area contributed by atoms with Gasteiger partial charge in [-0.1, -0.05) is 0 Å². The summed E-state index contributed by atoms with van der Waals surface area (Å²) < 4.78 is 25.6. The predicted octanol–water partition coefficient (Wildman–Crippen LogP) is 1.07. The molecule has 1 saturated carbocycles. The average molecular weight is 226 g/mol. The van der Waals surface area contributed by atoms with Crippen molar-refractivity contribution in [2.45, 2.75) is 24.9 Å². The van der Waals surface area contributed by atoms with Gasteiger partial charge in [0.1, 0.15) is 11.6 Å². The minimum absolute atomic E-state index is 0.0897. The second-order valence-electron chi connectivity index (χ2n) is 4.12. The van der Waals surface area contributed by atoms with Gasteiger partial charge in [0.05, 0.1) is 5.54 Å². The van der Waals surface area contributed by atoms with E-state index in [2.05, 4.69) is 5.32 Å². The van der Waals surface area contributed by atoms with Crippen molar-refractivity contribution >= 4 is 5.91 Å². The third kappa shape index (κ3) is 2.36. The summed E-state index contributed by atoms with van der Waals surface area (Å²) in [5.41, 5.74) is 5.28. The van der Waals surface area contributed by atoms with Crippen molar-refractivity contribution in [3.8, 4) is 0 Å². The summed E-state index contributed by atoms with van der Waals surface area (Å²) in [6.07, 6.45) is 1.33. The van der Waals surface area contributed by atoms with Crippen molar-refractivity contribution in [1.82, 2.24) is 5.32 Å². The number of hydrogen-bond donors (Lipinski definition) is 2. The molecule has 1 aromatic rings. The molecule has 5 heteroatoms. The van der Waals surface area contributed by atoms with Gasteiger partial charge in [0, 0.05) is 12.6 Å². The molecule has 1 amide bonds. The molecule has 0 aliphatic heterocycles. The molecule has 86 valence electrons. The highest BCUT2D eigenvalue weighted by atomic mass is 19.1. The highest BCUT2D eigenvalue weighted by Gasteiger charge is 2.45. The molecular formula is C11H12F2N2O. The molecule has 0 unspecified atom stereocenters. The van der Waals surface area contributed by atoms with Crippen LogP contribution in [0.4, 0.5) is 8.78 Å². The average Bonchev–Trinajstić information content (AvgIpc) is 2.93. The number of nitrogens with two attached hydrogens (primary N) is 1. The first-order valence-electron chi connectivity index (χ1n) is 5.02. The smallest absolute Gasteiger partial charge is 0.240 e. The first kappa shape index (κ1) is 11.0. The van der Waals surface area contributed by atoms with Gasteiger partial charge in [0.15, 0.2) is 0 Å². The summed E-state index contributed by atoms with van der Waals surface area (Å²) in [6, 6.07) is 3.15. The SMILES string of the molecule is NC1(C(=O)NCc2cc(F)cc(F)c2)CC1. The molecule has 1 aromatic carbocycles. The van der Waals surface area contributed by atoms with Crippen molar-refractivity contribution in [3.05, 3.63) is 35.4 Å². The zero-order chi connectivity index (χ0) is 11.8. The van der Waals surface area contributed by atoms with Crippen LogP contribution in [-0.2, 0) is 11.3 Å². The van der Waals surface area contributed by atoms with Crippen molar-refractivity contribution in [1.29, 1.82) is 0 Å². The van der Waals surface area contributed by atoms with Crippen molar-refractivity contribution in [2.24, 2.45) is 5.73 Å². The first-order chi connectivity index (χ1) is 7.49. The Morgan fingerprint density at radius 1 is 1.31 bits per heavy atom. The van der Waals surface area contributed by atoms with Gasteiger partial charge < -0.3 is 11.1 Å². The van der Waals surface area contributed by atoms with Gasteiger partial charge in [0.25, 0.3) is 0 Å². The van der Waals surface area contributed by atoms with Crippen LogP contribution in [0.5, 0.6) is 0 Å². The maximum atomic E-state index is 12.8. The summed E-state index contributed by atoms with van der Waals surface area (Å²) >= 11 is 0. The van der Waals surface area contributed by atoms with E-state index in [9.17, 15) is 13.6 Å². The number of carbonyl (C=O) groups excluding carboxylic acids is 1. The molecule has 1 aliphatic carbocycles. The number of halogens is 2. The maximum Gasteiger partial charge on any atom is 0.240 e. The summed E-state index contributed by atoms with van der Waals surface area (Å²) in [5.74, 6) is -1.58. The molecule has 16 heavy (non-hydrogen) atoms. The Morgan fingerprint density at radius 3 is 2.38 bits per heavy atom. The van der Waals surface area contributed by atoms with E-state index in [1.807, 2.05) is 0 Å². The predicted molar refractivity (Wildman–Crippen MR) is 54.4 cm³/mol. The quantitative estimate of drug-likeness (QED) is 0.810. The fraction of sp³-hybridized carbons (Fsp3) is 0.364. The molecule has 1 aliphatic rings. The molecule has 0 bridgehead atoms. The molecule has 0 atom stereocenters. The van der Waals surface area contributed by atoms with Gasteiger partial charge in [-0.25, -0.2) is 8.78 Å². The first-order valence-corrected chi connectivity index (χ1v) is 5.02.